The molecule has 0 bridgehead atoms. The lowest BCUT2D eigenvalue weighted by molar-refractivity contribution is -0.122. The highest BCUT2D eigenvalue weighted by atomic mass is 16.1. The van der Waals surface area contributed by atoms with E-state index in [1.165, 1.54) is 5.56 Å². The Morgan fingerprint density at radius 3 is 2.74 bits per heavy atom. The Labute approximate surface area is 113 Å². The Morgan fingerprint density at radius 2 is 2.11 bits per heavy atom. The number of amides is 1. The van der Waals surface area contributed by atoms with Crippen molar-refractivity contribution in [2.45, 2.75) is 32.9 Å². The van der Waals surface area contributed by atoms with Crippen molar-refractivity contribution in [1.29, 1.82) is 0 Å². The lowest BCUT2D eigenvalue weighted by atomic mass is 10.1. The van der Waals surface area contributed by atoms with Gasteiger partial charge in [0.25, 0.3) is 0 Å². The van der Waals surface area contributed by atoms with Gasteiger partial charge in [-0.15, -0.1) is 0 Å². The second-order valence-corrected chi connectivity index (χ2v) is 4.80. The topological polar surface area (TPSA) is 46.9 Å². The van der Waals surface area contributed by atoms with Crippen LogP contribution in [0.3, 0.4) is 0 Å². The first-order chi connectivity index (χ1) is 9.15. The molecule has 2 rings (SSSR count). The summed E-state index contributed by atoms with van der Waals surface area (Å²) in [6.07, 6.45) is 4.03. The Balaban J connectivity index is 1.80. The summed E-state index contributed by atoms with van der Waals surface area (Å²) in [4.78, 5) is 11.8. The number of aryl methyl sites for hydroxylation is 1. The normalized spacial score (nSPS) is 12.1. The van der Waals surface area contributed by atoms with Gasteiger partial charge in [-0.05, 0) is 25.5 Å². The number of hydrogen-bond acceptors (Lipinski definition) is 2. The van der Waals surface area contributed by atoms with Crippen LogP contribution >= 0.6 is 0 Å². The van der Waals surface area contributed by atoms with Crippen LogP contribution in [0.4, 0.5) is 0 Å². The molecule has 1 N–H and O–H groups in total. The number of rotatable bonds is 5. The summed E-state index contributed by atoms with van der Waals surface area (Å²) in [5.41, 5.74) is 2.34. The largest absolute Gasteiger partial charge is 0.352 e. The SMILES string of the molecule is Cc1ccc(CNC(=O)C[C@@H](C)n2cccn2)cc1. The van der Waals surface area contributed by atoms with E-state index >= 15 is 0 Å². The fourth-order valence-electron chi connectivity index (χ4n) is 1.88. The van der Waals surface area contributed by atoms with E-state index in [2.05, 4.69) is 10.4 Å². The van der Waals surface area contributed by atoms with Crippen LogP contribution in [-0.2, 0) is 11.3 Å². The minimum atomic E-state index is 0.0450. The maximum absolute atomic E-state index is 11.8. The van der Waals surface area contributed by atoms with Gasteiger partial charge in [0.1, 0.15) is 0 Å². The van der Waals surface area contributed by atoms with Crippen LogP contribution in [0, 0.1) is 6.92 Å². The molecule has 0 unspecified atom stereocenters. The number of carbonyl (C=O) groups excluding carboxylic acids is 1. The zero-order valence-corrected chi connectivity index (χ0v) is 11.3. The summed E-state index contributed by atoms with van der Waals surface area (Å²) >= 11 is 0. The predicted octanol–water partition coefficient (Wildman–Crippen LogP) is 2.46. The molecule has 0 saturated heterocycles. The Morgan fingerprint density at radius 1 is 1.37 bits per heavy atom. The van der Waals surface area contributed by atoms with Gasteiger partial charge in [0.2, 0.25) is 5.91 Å². The number of nitrogens with one attached hydrogen (secondary N) is 1. The predicted molar refractivity (Wildman–Crippen MR) is 74.6 cm³/mol. The first kappa shape index (κ1) is 13.3. The van der Waals surface area contributed by atoms with E-state index in [0.717, 1.165) is 5.56 Å². The van der Waals surface area contributed by atoms with Gasteiger partial charge in [0.15, 0.2) is 0 Å². The van der Waals surface area contributed by atoms with Crippen LogP contribution in [0.1, 0.15) is 30.5 Å². The van der Waals surface area contributed by atoms with Crippen molar-refractivity contribution in [2.75, 3.05) is 0 Å². The van der Waals surface area contributed by atoms with Crippen molar-refractivity contribution < 1.29 is 4.79 Å². The summed E-state index contributed by atoms with van der Waals surface area (Å²) < 4.78 is 1.80. The van der Waals surface area contributed by atoms with Gasteiger partial charge in [0.05, 0.1) is 6.04 Å². The number of benzene rings is 1. The van der Waals surface area contributed by atoms with Gasteiger partial charge in [0, 0.05) is 25.4 Å². The molecule has 0 aliphatic rings. The van der Waals surface area contributed by atoms with E-state index in [1.807, 2.05) is 50.4 Å². The Kier molecular flexibility index (Phi) is 4.34. The van der Waals surface area contributed by atoms with Gasteiger partial charge in [-0.25, -0.2) is 0 Å². The molecule has 0 fully saturated rings. The highest BCUT2D eigenvalue weighted by Crippen LogP contribution is 2.08. The number of hydrogen-bond donors (Lipinski definition) is 1. The van der Waals surface area contributed by atoms with Crippen LogP contribution in [0.5, 0.6) is 0 Å². The molecule has 0 aliphatic carbocycles. The molecule has 2 aromatic rings. The first-order valence-electron chi connectivity index (χ1n) is 6.46. The molecule has 19 heavy (non-hydrogen) atoms. The third-order valence-electron chi connectivity index (χ3n) is 3.07. The van der Waals surface area contributed by atoms with Crippen LogP contribution < -0.4 is 5.32 Å². The number of nitrogens with zero attached hydrogens (tertiary/aromatic N) is 2. The van der Waals surface area contributed by atoms with Gasteiger partial charge in [-0.3, -0.25) is 9.48 Å². The monoisotopic (exact) mass is 257 g/mol. The Bertz CT molecular complexity index is 517. The van der Waals surface area contributed by atoms with Gasteiger partial charge < -0.3 is 5.32 Å². The van der Waals surface area contributed by atoms with Crippen LogP contribution in [0.25, 0.3) is 0 Å². The third-order valence-corrected chi connectivity index (χ3v) is 3.07. The van der Waals surface area contributed by atoms with Gasteiger partial charge >= 0.3 is 0 Å². The van der Waals surface area contributed by atoms with Gasteiger partial charge in [-0.1, -0.05) is 29.8 Å². The average Bonchev–Trinajstić information content (AvgIpc) is 2.92. The summed E-state index contributed by atoms with van der Waals surface area (Å²) in [6.45, 7) is 4.61. The molecule has 0 spiro atoms. The molecular weight excluding hydrogens is 238 g/mol. The molecule has 0 aliphatic heterocycles. The summed E-state index contributed by atoms with van der Waals surface area (Å²) in [6, 6.07) is 10.1. The van der Waals surface area contributed by atoms with E-state index in [4.69, 9.17) is 0 Å². The number of carbonyl (C=O) groups is 1. The van der Waals surface area contributed by atoms with Crippen molar-refractivity contribution in [2.24, 2.45) is 0 Å². The lowest BCUT2D eigenvalue weighted by Crippen LogP contribution is -2.25. The van der Waals surface area contributed by atoms with Gasteiger partial charge in [-0.2, -0.15) is 5.10 Å². The van der Waals surface area contributed by atoms with Crippen molar-refractivity contribution in [3.63, 3.8) is 0 Å². The molecule has 0 radical (unpaired) electrons. The van der Waals surface area contributed by atoms with Crippen molar-refractivity contribution in [3.05, 3.63) is 53.9 Å². The van der Waals surface area contributed by atoms with Crippen LogP contribution in [0.15, 0.2) is 42.7 Å². The van der Waals surface area contributed by atoms with Crippen LogP contribution in [0.2, 0.25) is 0 Å². The third kappa shape index (κ3) is 3.95. The zero-order valence-electron chi connectivity index (χ0n) is 11.3. The van der Waals surface area contributed by atoms with E-state index < -0.39 is 0 Å². The quantitative estimate of drug-likeness (QED) is 0.894. The second kappa shape index (κ2) is 6.18. The summed E-state index contributed by atoms with van der Waals surface area (Å²) in [7, 11) is 0. The molecule has 1 aromatic carbocycles. The maximum Gasteiger partial charge on any atom is 0.222 e. The summed E-state index contributed by atoms with van der Waals surface area (Å²) in [5.74, 6) is 0.0450. The fraction of sp³-hybridized carbons (Fsp3) is 0.333. The number of aromatic nitrogens is 2. The molecule has 4 nitrogen and oxygen atoms in total. The fourth-order valence-corrected chi connectivity index (χ4v) is 1.88. The standard InChI is InChI=1S/C15H19N3O/c1-12-4-6-14(7-5-12)11-16-15(19)10-13(2)18-9-3-8-17-18/h3-9,13H,10-11H2,1-2H3,(H,16,19)/t13-/m1/s1. The van der Waals surface area contributed by atoms with Crippen molar-refractivity contribution in [3.8, 4) is 0 Å². The zero-order chi connectivity index (χ0) is 13.7. The van der Waals surface area contributed by atoms with E-state index in [-0.39, 0.29) is 11.9 Å². The first-order valence-corrected chi connectivity index (χ1v) is 6.46. The van der Waals surface area contributed by atoms with Crippen LogP contribution in [-0.4, -0.2) is 15.7 Å². The molecule has 0 saturated carbocycles. The minimum absolute atomic E-state index is 0.0450. The van der Waals surface area contributed by atoms with E-state index in [1.54, 1.807) is 10.9 Å². The molecule has 1 aromatic heterocycles. The Hall–Kier alpha value is -2.10. The highest BCUT2D eigenvalue weighted by molar-refractivity contribution is 5.76. The highest BCUT2D eigenvalue weighted by Gasteiger charge is 2.10. The average molecular weight is 257 g/mol. The minimum Gasteiger partial charge on any atom is -0.352 e. The smallest absolute Gasteiger partial charge is 0.222 e. The molecule has 1 heterocycles. The lowest BCUT2D eigenvalue weighted by Gasteiger charge is -2.12. The van der Waals surface area contributed by atoms with E-state index in [0.29, 0.717) is 13.0 Å². The molecular formula is C15H19N3O. The molecule has 100 valence electrons. The molecule has 1 amide bonds. The van der Waals surface area contributed by atoms with Crippen molar-refractivity contribution >= 4 is 5.91 Å². The van der Waals surface area contributed by atoms with E-state index in [9.17, 15) is 4.79 Å². The molecule has 4 heteroatoms. The maximum atomic E-state index is 11.8. The second-order valence-electron chi connectivity index (χ2n) is 4.80. The molecule has 1 atom stereocenters. The summed E-state index contributed by atoms with van der Waals surface area (Å²) in [5, 5.41) is 7.07. The van der Waals surface area contributed by atoms with Crippen molar-refractivity contribution in [1.82, 2.24) is 15.1 Å².